The summed E-state index contributed by atoms with van der Waals surface area (Å²) in [5.74, 6) is 0.191. The van der Waals surface area contributed by atoms with Crippen LogP contribution in [0.25, 0.3) is 0 Å². The van der Waals surface area contributed by atoms with Crippen LogP contribution in [-0.4, -0.2) is 30.4 Å². The fourth-order valence-electron chi connectivity index (χ4n) is 3.37. The molecule has 0 spiro atoms. The summed E-state index contributed by atoms with van der Waals surface area (Å²) in [5, 5.41) is 2.87. The molecule has 1 aliphatic rings. The highest BCUT2D eigenvalue weighted by Gasteiger charge is 2.23. The summed E-state index contributed by atoms with van der Waals surface area (Å²) in [5.41, 5.74) is 2.68. The first-order valence-corrected chi connectivity index (χ1v) is 10.9. The predicted molar refractivity (Wildman–Crippen MR) is 110 cm³/mol. The number of benzene rings is 2. The Morgan fingerprint density at radius 2 is 1.93 bits per heavy atom. The van der Waals surface area contributed by atoms with E-state index in [0.717, 1.165) is 16.7 Å². The van der Waals surface area contributed by atoms with Crippen LogP contribution in [0, 0.1) is 0 Å². The summed E-state index contributed by atoms with van der Waals surface area (Å²) in [6.07, 6.45) is 3.44. The van der Waals surface area contributed by atoms with Crippen LogP contribution < -0.4 is 10.0 Å². The molecule has 156 valence electrons. The average Bonchev–Trinajstić information content (AvgIpc) is 3.39. The molecular weight excluding hydrogens is 404 g/mol. The van der Waals surface area contributed by atoms with Crippen molar-refractivity contribution in [3.8, 4) is 0 Å². The van der Waals surface area contributed by atoms with Gasteiger partial charge in [-0.15, -0.1) is 0 Å². The van der Waals surface area contributed by atoms with E-state index in [1.54, 1.807) is 24.5 Å². The molecule has 2 heterocycles. The molecule has 0 bridgehead atoms. The van der Waals surface area contributed by atoms with Crippen molar-refractivity contribution < 1.29 is 17.9 Å². The molecule has 0 saturated carbocycles. The number of imidazole rings is 1. The second kappa shape index (κ2) is 8.39. The van der Waals surface area contributed by atoms with E-state index in [4.69, 9.17) is 4.74 Å². The van der Waals surface area contributed by atoms with Gasteiger partial charge >= 0.3 is 0 Å². The lowest BCUT2D eigenvalue weighted by molar-refractivity contribution is -0.120. The lowest BCUT2D eigenvalue weighted by Crippen LogP contribution is -2.39. The number of aryl methyl sites for hydroxylation is 1. The number of fused-ring (bicyclic) bond motifs is 1. The van der Waals surface area contributed by atoms with Crippen LogP contribution in [0.2, 0.25) is 0 Å². The van der Waals surface area contributed by atoms with Crippen LogP contribution in [0.5, 0.6) is 0 Å². The quantitative estimate of drug-likeness (QED) is 0.598. The number of hydrogen-bond donors (Lipinski definition) is 2. The van der Waals surface area contributed by atoms with Gasteiger partial charge in [-0.1, -0.05) is 36.4 Å². The van der Waals surface area contributed by atoms with Gasteiger partial charge in [-0.2, -0.15) is 0 Å². The smallest absolute Gasteiger partial charge is 0.241 e. The van der Waals surface area contributed by atoms with Crippen molar-refractivity contribution in [2.45, 2.75) is 24.2 Å². The number of hydrogen-bond acceptors (Lipinski definition) is 5. The maximum absolute atomic E-state index is 12.6. The zero-order valence-electron chi connectivity index (χ0n) is 16.4. The summed E-state index contributed by atoms with van der Waals surface area (Å²) < 4.78 is 34.8. The third kappa shape index (κ3) is 4.28. The monoisotopic (exact) mass is 426 g/mol. The molecule has 9 heteroatoms. The van der Waals surface area contributed by atoms with Crippen molar-refractivity contribution in [3.63, 3.8) is 0 Å². The van der Waals surface area contributed by atoms with Crippen LogP contribution in [-0.2, 0) is 39.8 Å². The Bertz CT molecular complexity index is 1160. The van der Waals surface area contributed by atoms with E-state index < -0.39 is 22.0 Å². The molecule has 1 amide bonds. The van der Waals surface area contributed by atoms with Crippen molar-refractivity contribution in [3.05, 3.63) is 83.4 Å². The first-order chi connectivity index (χ1) is 14.4. The van der Waals surface area contributed by atoms with Crippen molar-refractivity contribution in [2.75, 3.05) is 6.54 Å². The van der Waals surface area contributed by atoms with Crippen LogP contribution in [0.1, 0.15) is 28.6 Å². The SMILES string of the molecule is Cn1ccnc1[C@@H](NC(=O)CNS(=O)(=O)c1ccc2c(c1)COC2)c1ccccc1. The molecule has 0 aliphatic carbocycles. The molecule has 4 rings (SSSR count). The van der Waals surface area contributed by atoms with Crippen molar-refractivity contribution in [1.29, 1.82) is 0 Å². The van der Waals surface area contributed by atoms with Crippen LogP contribution in [0.15, 0.2) is 65.8 Å². The molecule has 0 unspecified atom stereocenters. The summed E-state index contributed by atoms with van der Waals surface area (Å²) >= 11 is 0. The highest BCUT2D eigenvalue weighted by Crippen LogP contribution is 2.23. The minimum absolute atomic E-state index is 0.114. The molecule has 0 saturated heterocycles. The third-order valence-electron chi connectivity index (χ3n) is 4.98. The molecule has 1 aliphatic heterocycles. The number of amides is 1. The van der Waals surface area contributed by atoms with Crippen molar-refractivity contribution in [1.82, 2.24) is 19.6 Å². The molecule has 3 aromatic rings. The number of carbonyl (C=O) groups excluding carboxylic acids is 1. The maximum atomic E-state index is 12.6. The summed E-state index contributed by atoms with van der Waals surface area (Å²) in [6, 6.07) is 13.8. The zero-order chi connectivity index (χ0) is 21.1. The highest BCUT2D eigenvalue weighted by molar-refractivity contribution is 7.89. The Labute approximate surface area is 175 Å². The van der Waals surface area contributed by atoms with Crippen LogP contribution in [0.4, 0.5) is 0 Å². The van der Waals surface area contributed by atoms with Gasteiger partial charge in [0.05, 0.1) is 24.7 Å². The Morgan fingerprint density at radius 3 is 2.67 bits per heavy atom. The maximum Gasteiger partial charge on any atom is 0.241 e. The fraction of sp³-hybridized carbons (Fsp3) is 0.238. The van der Waals surface area contributed by atoms with E-state index in [9.17, 15) is 13.2 Å². The average molecular weight is 426 g/mol. The van der Waals surface area contributed by atoms with E-state index in [0.29, 0.717) is 19.0 Å². The Kier molecular flexibility index (Phi) is 5.67. The molecule has 0 radical (unpaired) electrons. The normalized spacial score (nSPS) is 14.3. The molecule has 0 fully saturated rings. The number of sulfonamides is 1. The Hall–Kier alpha value is -3.01. The first-order valence-electron chi connectivity index (χ1n) is 9.45. The van der Waals surface area contributed by atoms with Crippen molar-refractivity contribution >= 4 is 15.9 Å². The van der Waals surface area contributed by atoms with E-state index in [1.165, 1.54) is 6.07 Å². The Morgan fingerprint density at radius 1 is 1.17 bits per heavy atom. The van der Waals surface area contributed by atoms with Gasteiger partial charge < -0.3 is 14.6 Å². The summed E-state index contributed by atoms with van der Waals surface area (Å²) in [4.78, 5) is 17.1. The van der Waals surface area contributed by atoms with Crippen molar-refractivity contribution in [2.24, 2.45) is 7.05 Å². The lowest BCUT2D eigenvalue weighted by Gasteiger charge is -2.19. The third-order valence-corrected chi connectivity index (χ3v) is 6.38. The van der Waals surface area contributed by atoms with Gasteiger partial charge in [0, 0.05) is 19.4 Å². The van der Waals surface area contributed by atoms with Gasteiger partial charge in [0.15, 0.2) is 0 Å². The number of nitrogens with one attached hydrogen (secondary N) is 2. The first kappa shape index (κ1) is 20.3. The second-order valence-electron chi connectivity index (χ2n) is 7.06. The second-order valence-corrected chi connectivity index (χ2v) is 8.82. The molecule has 1 atom stereocenters. The van der Waals surface area contributed by atoms with E-state index in [2.05, 4.69) is 15.0 Å². The van der Waals surface area contributed by atoms with E-state index in [-0.39, 0.29) is 11.4 Å². The van der Waals surface area contributed by atoms with Gasteiger partial charge in [0.25, 0.3) is 0 Å². The number of ether oxygens (including phenoxy) is 1. The topological polar surface area (TPSA) is 102 Å². The molecule has 8 nitrogen and oxygen atoms in total. The zero-order valence-corrected chi connectivity index (χ0v) is 17.2. The van der Waals surface area contributed by atoms with Gasteiger partial charge in [-0.3, -0.25) is 4.79 Å². The standard InChI is InChI=1S/C21H22N4O4S/c1-25-10-9-22-21(25)20(15-5-3-2-4-6-15)24-19(26)12-23-30(27,28)18-8-7-16-13-29-14-17(16)11-18/h2-11,20,23H,12-14H2,1H3,(H,24,26)/t20-/m0/s1. The van der Waals surface area contributed by atoms with Crippen LogP contribution >= 0.6 is 0 Å². The Balaban J connectivity index is 1.47. The summed E-state index contributed by atoms with van der Waals surface area (Å²) in [6.45, 7) is 0.491. The van der Waals surface area contributed by atoms with E-state index >= 15 is 0 Å². The van der Waals surface area contributed by atoms with E-state index in [1.807, 2.05) is 41.9 Å². The number of carbonyl (C=O) groups is 1. The largest absolute Gasteiger partial charge is 0.372 e. The number of rotatable bonds is 7. The fourth-order valence-corrected chi connectivity index (χ4v) is 4.40. The van der Waals surface area contributed by atoms with Crippen LogP contribution in [0.3, 0.4) is 0 Å². The van der Waals surface area contributed by atoms with Gasteiger partial charge in [0.1, 0.15) is 11.9 Å². The summed E-state index contributed by atoms with van der Waals surface area (Å²) in [7, 11) is -1.99. The minimum Gasteiger partial charge on any atom is -0.372 e. The molecular formula is C21H22N4O4S. The lowest BCUT2D eigenvalue weighted by atomic mass is 10.1. The molecule has 30 heavy (non-hydrogen) atoms. The van der Waals surface area contributed by atoms with Gasteiger partial charge in [0.2, 0.25) is 15.9 Å². The number of nitrogens with zero attached hydrogens (tertiary/aromatic N) is 2. The minimum atomic E-state index is -3.83. The molecule has 2 aromatic carbocycles. The van der Waals surface area contributed by atoms with Gasteiger partial charge in [-0.05, 0) is 28.8 Å². The molecule has 1 aromatic heterocycles. The molecule has 2 N–H and O–H groups in total. The highest BCUT2D eigenvalue weighted by atomic mass is 32.2. The number of aromatic nitrogens is 2. The van der Waals surface area contributed by atoms with Gasteiger partial charge in [-0.25, -0.2) is 18.1 Å². The predicted octanol–water partition coefficient (Wildman–Crippen LogP) is 1.63.